The zero-order chi connectivity index (χ0) is 9.19. The molecule has 0 amide bonds. The van der Waals surface area contributed by atoms with E-state index in [0.717, 1.165) is 11.3 Å². The van der Waals surface area contributed by atoms with Gasteiger partial charge in [0.2, 0.25) is 0 Å². The van der Waals surface area contributed by atoms with E-state index in [1.165, 1.54) is 0 Å². The lowest BCUT2D eigenvalue weighted by Crippen LogP contribution is -2.12. The van der Waals surface area contributed by atoms with E-state index >= 15 is 0 Å². The second-order valence-corrected chi connectivity index (χ2v) is 3.86. The van der Waals surface area contributed by atoms with E-state index in [0.29, 0.717) is 0 Å². The van der Waals surface area contributed by atoms with Crippen LogP contribution in [-0.4, -0.2) is 7.11 Å². The van der Waals surface area contributed by atoms with Crippen LogP contribution in [0.2, 0.25) is 0 Å². The van der Waals surface area contributed by atoms with Gasteiger partial charge in [0.15, 0.2) is 0 Å². The lowest BCUT2D eigenvalue weighted by Gasteiger charge is -2.21. The van der Waals surface area contributed by atoms with Crippen LogP contribution in [0.3, 0.4) is 0 Å². The second kappa shape index (κ2) is 3.18. The monoisotopic (exact) mass is 163 g/mol. The van der Waals surface area contributed by atoms with Gasteiger partial charge in [0.05, 0.1) is 7.11 Å². The van der Waals surface area contributed by atoms with Crippen molar-refractivity contribution in [2.24, 2.45) is 0 Å². The summed E-state index contributed by atoms with van der Waals surface area (Å²) in [6.45, 7) is 6.46. The molecule has 0 heterocycles. The Morgan fingerprint density at radius 3 is 2.42 bits per heavy atom. The summed E-state index contributed by atoms with van der Waals surface area (Å²) in [5, 5.41) is 0. The predicted octanol–water partition coefficient (Wildman–Crippen LogP) is 2.79. The van der Waals surface area contributed by atoms with Crippen molar-refractivity contribution in [2.45, 2.75) is 26.2 Å². The standard InChI is InChI=1S/C11H15O/c1-11(2,3)9-7-5-6-8-10(9)12-4/h5-6,8H,1-4H3. The number of methoxy groups -OCH3 is 1. The van der Waals surface area contributed by atoms with E-state index in [4.69, 9.17) is 4.74 Å². The molecule has 0 unspecified atom stereocenters. The average Bonchev–Trinajstić information content (AvgIpc) is 2.03. The fourth-order valence-corrected chi connectivity index (χ4v) is 1.18. The highest BCUT2D eigenvalue weighted by atomic mass is 16.5. The van der Waals surface area contributed by atoms with E-state index in [-0.39, 0.29) is 5.41 Å². The van der Waals surface area contributed by atoms with Crippen molar-refractivity contribution in [3.05, 3.63) is 29.8 Å². The molecule has 1 rings (SSSR count). The maximum Gasteiger partial charge on any atom is 0.123 e. The van der Waals surface area contributed by atoms with Gasteiger partial charge in [-0.1, -0.05) is 32.9 Å². The Hall–Kier alpha value is -0.980. The van der Waals surface area contributed by atoms with Crippen LogP contribution in [0.15, 0.2) is 18.2 Å². The number of hydrogen-bond acceptors (Lipinski definition) is 1. The molecule has 65 valence electrons. The van der Waals surface area contributed by atoms with Crippen LogP contribution < -0.4 is 4.74 Å². The smallest absolute Gasteiger partial charge is 0.123 e. The molecule has 12 heavy (non-hydrogen) atoms. The van der Waals surface area contributed by atoms with Crippen LogP contribution in [0.4, 0.5) is 0 Å². The van der Waals surface area contributed by atoms with Crippen LogP contribution >= 0.6 is 0 Å². The third-order valence-electron chi connectivity index (χ3n) is 1.79. The minimum absolute atomic E-state index is 0.104. The van der Waals surface area contributed by atoms with Gasteiger partial charge in [-0.3, -0.25) is 0 Å². The number of hydrogen-bond donors (Lipinski definition) is 0. The zero-order valence-corrected chi connectivity index (χ0v) is 8.14. The van der Waals surface area contributed by atoms with Gasteiger partial charge in [-0.05, 0) is 17.5 Å². The Morgan fingerprint density at radius 1 is 1.33 bits per heavy atom. The summed E-state index contributed by atoms with van der Waals surface area (Å²) in [5.74, 6) is 0.921. The Bertz CT molecular complexity index is 258. The Balaban J connectivity index is 3.14. The van der Waals surface area contributed by atoms with Crippen molar-refractivity contribution in [2.75, 3.05) is 7.11 Å². The quantitative estimate of drug-likeness (QED) is 0.618. The molecule has 0 aliphatic heterocycles. The van der Waals surface area contributed by atoms with Crippen molar-refractivity contribution >= 4 is 0 Å². The first-order valence-corrected chi connectivity index (χ1v) is 4.11. The van der Waals surface area contributed by atoms with Crippen molar-refractivity contribution < 1.29 is 4.74 Å². The molecule has 1 nitrogen and oxygen atoms in total. The van der Waals surface area contributed by atoms with E-state index in [1.807, 2.05) is 18.2 Å². The first-order valence-electron chi connectivity index (χ1n) is 4.11. The normalized spacial score (nSPS) is 11.3. The maximum absolute atomic E-state index is 5.24. The summed E-state index contributed by atoms with van der Waals surface area (Å²) in [7, 11) is 1.69. The molecule has 0 aromatic heterocycles. The highest BCUT2D eigenvalue weighted by molar-refractivity contribution is 5.37. The Kier molecular flexibility index (Phi) is 2.41. The van der Waals surface area contributed by atoms with Gasteiger partial charge < -0.3 is 4.74 Å². The molecule has 0 aliphatic carbocycles. The molecule has 0 spiro atoms. The molecule has 0 fully saturated rings. The summed E-state index contributed by atoms with van der Waals surface area (Å²) in [6, 6.07) is 9.03. The third kappa shape index (κ3) is 1.79. The Labute approximate surface area is 74.4 Å². The van der Waals surface area contributed by atoms with E-state index < -0.39 is 0 Å². The van der Waals surface area contributed by atoms with Crippen LogP contribution in [0, 0.1) is 6.07 Å². The van der Waals surface area contributed by atoms with Gasteiger partial charge in [0.1, 0.15) is 5.75 Å². The molecule has 1 heteroatoms. The molecule has 1 aromatic rings. The van der Waals surface area contributed by atoms with Crippen LogP contribution in [0.1, 0.15) is 26.3 Å². The first kappa shape index (κ1) is 9.11. The number of benzene rings is 1. The second-order valence-electron chi connectivity index (χ2n) is 3.86. The van der Waals surface area contributed by atoms with Crippen LogP contribution in [0.5, 0.6) is 5.75 Å². The maximum atomic E-state index is 5.24. The van der Waals surface area contributed by atoms with E-state index in [9.17, 15) is 0 Å². The number of rotatable bonds is 1. The zero-order valence-electron chi connectivity index (χ0n) is 8.14. The SMILES string of the molecule is COc1ccc[c]c1C(C)(C)C. The molecular formula is C11H15O. The van der Waals surface area contributed by atoms with Gasteiger partial charge >= 0.3 is 0 Å². The number of ether oxygens (including phenoxy) is 1. The van der Waals surface area contributed by atoms with Crippen molar-refractivity contribution in [1.29, 1.82) is 0 Å². The topological polar surface area (TPSA) is 9.23 Å². The average molecular weight is 163 g/mol. The fraction of sp³-hybridized carbons (Fsp3) is 0.455. The lowest BCUT2D eigenvalue weighted by molar-refractivity contribution is 0.397. The predicted molar refractivity (Wildman–Crippen MR) is 50.5 cm³/mol. The summed E-state index contributed by atoms with van der Waals surface area (Å²) in [4.78, 5) is 0. The van der Waals surface area contributed by atoms with Crippen molar-refractivity contribution in [3.8, 4) is 5.75 Å². The summed E-state index contributed by atoms with van der Waals surface area (Å²) < 4.78 is 5.24. The van der Waals surface area contributed by atoms with E-state index in [2.05, 4.69) is 26.8 Å². The minimum Gasteiger partial charge on any atom is -0.496 e. The highest BCUT2D eigenvalue weighted by Crippen LogP contribution is 2.29. The minimum atomic E-state index is 0.104. The van der Waals surface area contributed by atoms with Gasteiger partial charge in [-0.25, -0.2) is 0 Å². The first-order chi connectivity index (χ1) is 5.55. The molecule has 0 bridgehead atoms. The largest absolute Gasteiger partial charge is 0.496 e. The molecule has 0 aliphatic rings. The molecule has 0 saturated carbocycles. The third-order valence-corrected chi connectivity index (χ3v) is 1.79. The van der Waals surface area contributed by atoms with Crippen molar-refractivity contribution in [1.82, 2.24) is 0 Å². The molecule has 0 saturated heterocycles. The van der Waals surface area contributed by atoms with E-state index in [1.54, 1.807) is 7.11 Å². The lowest BCUT2D eigenvalue weighted by atomic mass is 9.86. The van der Waals surface area contributed by atoms with Gasteiger partial charge in [-0.2, -0.15) is 0 Å². The molecule has 0 atom stereocenters. The summed E-state index contributed by atoms with van der Waals surface area (Å²) >= 11 is 0. The fourth-order valence-electron chi connectivity index (χ4n) is 1.18. The van der Waals surface area contributed by atoms with Crippen molar-refractivity contribution in [3.63, 3.8) is 0 Å². The van der Waals surface area contributed by atoms with Gasteiger partial charge in [0.25, 0.3) is 0 Å². The summed E-state index contributed by atoms with van der Waals surface area (Å²) in [6.07, 6.45) is 0. The highest BCUT2D eigenvalue weighted by Gasteiger charge is 2.17. The summed E-state index contributed by atoms with van der Waals surface area (Å²) in [5.41, 5.74) is 1.24. The van der Waals surface area contributed by atoms with Gasteiger partial charge in [0, 0.05) is 5.56 Å². The molecular weight excluding hydrogens is 148 g/mol. The van der Waals surface area contributed by atoms with Crippen LogP contribution in [-0.2, 0) is 5.41 Å². The van der Waals surface area contributed by atoms with Crippen LogP contribution in [0.25, 0.3) is 0 Å². The Morgan fingerprint density at radius 2 is 2.00 bits per heavy atom. The molecule has 1 aromatic carbocycles. The molecule has 1 radical (unpaired) electrons. The molecule has 0 N–H and O–H groups in total. The van der Waals surface area contributed by atoms with Gasteiger partial charge in [-0.15, -0.1) is 0 Å².